The summed E-state index contributed by atoms with van der Waals surface area (Å²) in [6, 6.07) is 9.50. The number of rotatable bonds is 10. The van der Waals surface area contributed by atoms with Gasteiger partial charge in [0.1, 0.15) is 0 Å². The van der Waals surface area contributed by atoms with Crippen LogP contribution in [0.4, 0.5) is 0 Å². The van der Waals surface area contributed by atoms with Crippen molar-refractivity contribution in [3.8, 4) is 17.4 Å². The number of nitrogens with zero attached hydrogens (tertiary/aromatic N) is 6. The number of benzene rings is 1. The zero-order chi connectivity index (χ0) is 25.2. The molecule has 0 radical (unpaired) electrons. The van der Waals surface area contributed by atoms with E-state index < -0.39 is 11.2 Å². The summed E-state index contributed by atoms with van der Waals surface area (Å²) >= 11 is 0. The number of aliphatic hydroxyl groups excluding tert-OH is 1. The van der Waals surface area contributed by atoms with Gasteiger partial charge in [0.15, 0.2) is 22.7 Å². The van der Waals surface area contributed by atoms with Crippen molar-refractivity contribution in [3.63, 3.8) is 0 Å². The standard InChI is InChI=1S/C26H30N6O4/c1-17(2)32-23-21(25(34)30(26(32)35)13-6-14-33)31(15-18-7-4-3-5-8-18)22(29-23)20-24(28-12-11-27-20)36-16-19-9-10-19/h3-5,7-8,11-12,17,19,33H,6,9-10,13-16H2,1-2H3. The highest BCUT2D eigenvalue weighted by Gasteiger charge is 2.27. The SMILES string of the molecule is CC(C)n1c(=O)n(CCCO)c(=O)c2c1nc(-c1nccnc1OCC1CC1)n2Cc1ccccc1. The van der Waals surface area contributed by atoms with E-state index in [1.165, 1.54) is 9.13 Å². The van der Waals surface area contributed by atoms with E-state index in [9.17, 15) is 14.7 Å². The van der Waals surface area contributed by atoms with Gasteiger partial charge in [-0.3, -0.25) is 13.9 Å². The monoisotopic (exact) mass is 490 g/mol. The van der Waals surface area contributed by atoms with Gasteiger partial charge in [-0.2, -0.15) is 0 Å². The third kappa shape index (κ3) is 4.56. The molecule has 36 heavy (non-hydrogen) atoms. The highest BCUT2D eigenvalue weighted by molar-refractivity contribution is 5.77. The van der Waals surface area contributed by atoms with Crippen LogP contribution in [0.25, 0.3) is 22.7 Å². The number of hydrogen-bond donors (Lipinski definition) is 1. The van der Waals surface area contributed by atoms with Crippen molar-refractivity contribution < 1.29 is 9.84 Å². The molecule has 0 spiro atoms. The van der Waals surface area contributed by atoms with Gasteiger partial charge in [0, 0.05) is 38.1 Å². The van der Waals surface area contributed by atoms with Crippen molar-refractivity contribution in [1.82, 2.24) is 28.7 Å². The van der Waals surface area contributed by atoms with Gasteiger partial charge >= 0.3 is 5.69 Å². The fraction of sp³-hybridized carbons (Fsp3) is 0.423. The summed E-state index contributed by atoms with van der Waals surface area (Å²) in [6.07, 6.45) is 5.70. The molecule has 1 aliphatic carbocycles. The van der Waals surface area contributed by atoms with Crippen LogP contribution in [0.3, 0.4) is 0 Å². The maximum absolute atomic E-state index is 13.7. The van der Waals surface area contributed by atoms with Crippen molar-refractivity contribution in [2.45, 2.75) is 52.2 Å². The second-order valence-corrected chi connectivity index (χ2v) is 9.42. The molecule has 0 saturated heterocycles. The number of fused-ring (bicyclic) bond motifs is 1. The van der Waals surface area contributed by atoms with Crippen LogP contribution in [0.1, 0.15) is 44.7 Å². The van der Waals surface area contributed by atoms with Gasteiger partial charge in [-0.15, -0.1) is 0 Å². The molecule has 0 bridgehead atoms. The first-order valence-electron chi connectivity index (χ1n) is 12.3. The van der Waals surface area contributed by atoms with Crippen LogP contribution in [0, 0.1) is 5.92 Å². The van der Waals surface area contributed by atoms with Crippen LogP contribution in [0.15, 0.2) is 52.3 Å². The Bertz CT molecular complexity index is 1480. The van der Waals surface area contributed by atoms with Crippen LogP contribution < -0.4 is 16.0 Å². The lowest BCUT2D eigenvalue weighted by Gasteiger charge is -2.15. The summed E-state index contributed by atoms with van der Waals surface area (Å²) in [7, 11) is 0. The second kappa shape index (κ2) is 10.1. The molecule has 5 rings (SSSR count). The molecule has 1 aliphatic rings. The minimum Gasteiger partial charge on any atom is -0.476 e. The maximum atomic E-state index is 13.7. The highest BCUT2D eigenvalue weighted by atomic mass is 16.5. The number of aliphatic hydroxyl groups is 1. The Kier molecular flexibility index (Phi) is 6.69. The molecule has 0 unspecified atom stereocenters. The molecule has 0 aliphatic heterocycles. The summed E-state index contributed by atoms with van der Waals surface area (Å²) in [4.78, 5) is 40.9. The average Bonchev–Trinajstić information content (AvgIpc) is 3.64. The van der Waals surface area contributed by atoms with Crippen LogP contribution >= 0.6 is 0 Å². The summed E-state index contributed by atoms with van der Waals surface area (Å²) in [5.74, 6) is 1.29. The minimum atomic E-state index is -0.448. The predicted molar refractivity (Wildman–Crippen MR) is 135 cm³/mol. The van der Waals surface area contributed by atoms with Gasteiger partial charge in [0.05, 0.1) is 6.61 Å². The van der Waals surface area contributed by atoms with Crippen molar-refractivity contribution in [2.24, 2.45) is 5.92 Å². The van der Waals surface area contributed by atoms with Crippen molar-refractivity contribution in [2.75, 3.05) is 13.2 Å². The summed E-state index contributed by atoms with van der Waals surface area (Å²) in [5, 5.41) is 9.36. The normalized spacial score (nSPS) is 13.6. The van der Waals surface area contributed by atoms with E-state index in [-0.39, 0.29) is 19.2 Å². The number of imidazole rings is 1. The highest BCUT2D eigenvalue weighted by Crippen LogP contribution is 2.32. The Labute approximate surface area is 207 Å². The largest absolute Gasteiger partial charge is 0.476 e. The quantitative estimate of drug-likeness (QED) is 0.363. The Hall–Kier alpha value is -3.79. The van der Waals surface area contributed by atoms with Crippen LogP contribution in [0.5, 0.6) is 5.88 Å². The van der Waals surface area contributed by atoms with E-state index in [0.717, 1.165) is 18.4 Å². The lowest BCUT2D eigenvalue weighted by atomic mass is 10.2. The molecule has 0 amide bonds. The fourth-order valence-electron chi connectivity index (χ4n) is 4.31. The molecule has 1 fully saturated rings. The lowest BCUT2D eigenvalue weighted by molar-refractivity contribution is 0.277. The zero-order valence-corrected chi connectivity index (χ0v) is 20.5. The molecule has 1 N–H and O–H groups in total. The van der Waals surface area contributed by atoms with Gasteiger partial charge < -0.3 is 14.4 Å². The van der Waals surface area contributed by atoms with Gasteiger partial charge in [-0.05, 0) is 44.6 Å². The molecule has 10 heteroatoms. The van der Waals surface area contributed by atoms with Crippen molar-refractivity contribution >= 4 is 11.2 Å². The molecule has 10 nitrogen and oxygen atoms in total. The molecular weight excluding hydrogens is 460 g/mol. The fourth-order valence-corrected chi connectivity index (χ4v) is 4.31. The third-order valence-corrected chi connectivity index (χ3v) is 6.33. The summed E-state index contributed by atoms with van der Waals surface area (Å²) < 4.78 is 10.5. The Morgan fingerprint density at radius 3 is 2.53 bits per heavy atom. The van der Waals surface area contributed by atoms with E-state index in [2.05, 4.69) is 9.97 Å². The van der Waals surface area contributed by atoms with E-state index in [1.807, 2.05) is 44.2 Å². The molecule has 0 atom stereocenters. The van der Waals surface area contributed by atoms with E-state index in [1.54, 1.807) is 17.0 Å². The van der Waals surface area contributed by atoms with Gasteiger partial charge in [0.2, 0.25) is 5.88 Å². The van der Waals surface area contributed by atoms with E-state index in [0.29, 0.717) is 54.1 Å². The Balaban J connectivity index is 1.79. The summed E-state index contributed by atoms with van der Waals surface area (Å²) in [6.45, 7) is 4.64. The Morgan fingerprint density at radius 2 is 1.83 bits per heavy atom. The maximum Gasteiger partial charge on any atom is 0.332 e. The summed E-state index contributed by atoms with van der Waals surface area (Å²) in [5.41, 5.74) is 1.10. The van der Waals surface area contributed by atoms with Crippen LogP contribution in [-0.2, 0) is 13.1 Å². The molecule has 3 aromatic heterocycles. The first-order valence-corrected chi connectivity index (χ1v) is 12.3. The van der Waals surface area contributed by atoms with Gasteiger partial charge in [0.25, 0.3) is 5.56 Å². The molecular formula is C26H30N6O4. The smallest absolute Gasteiger partial charge is 0.332 e. The Morgan fingerprint density at radius 1 is 1.08 bits per heavy atom. The molecule has 1 aromatic carbocycles. The van der Waals surface area contributed by atoms with Gasteiger partial charge in [-0.25, -0.2) is 19.7 Å². The molecule has 4 aromatic rings. The van der Waals surface area contributed by atoms with Gasteiger partial charge in [-0.1, -0.05) is 30.3 Å². The number of ether oxygens (including phenoxy) is 1. The average molecular weight is 491 g/mol. The number of hydrogen-bond acceptors (Lipinski definition) is 7. The van der Waals surface area contributed by atoms with E-state index in [4.69, 9.17) is 9.72 Å². The molecule has 3 heterocycles. The van der Waals surface area contributed by atoms with Crippen molar-refractivity contribution in [3.05, 3.63) is 69.1 Å². The minimum absolute atomic E-state index is 0.115. The van der Waals surface area contributed by atoms with Crippen molar-refractivity contribution in [1.29, 1.82) is 0 Å². The predicted octanol–water partition coefficient (Wildman–Crippen LogP) is 2.62. The number of aromatic nitrogens is 6. The first-order chi connectivity index (χ1) is 17.5. The second-order valence-electron chi connectivity index (χ2n) is 9.42. The van der Waals surface area contributed by atoms with E-state index >= 15 is 0 Å². The third-order valence-electron chi connectivity index (χ3n) is 6.33. The van der Waals surface area contributed by atoms with Crippen LogP contribution in [0.2, 0.25) is 0 Å². The zero-order valence-electron chi connectivity index (χ0n) is 20.5. The molecule has 188 valence electrons. The topological polar surface area (TPSA) is 117 Å². The molecule has 1 saturated carbocycles. The lowest BCUT2D eigenvalue weighted by Crippen LogP contribution is -2.41. The first kappa shape index (κ1) is 23.9. The van der Waals surface area contributed by atoms with Crippen LogP contribution in [-0.4, -0.2) is 47.0 Å².